The zero-order chi connectivity index (χ0) is 16.9. The summed E-state index contributed by atoms with van der Waals surface area (Å²) in [6, 6.07) is 13.0. The lowest BCUT2D eigenvalue weighted by molar-refractivity contribution is 0.100. The average molecular weight is 324 g/mol. The minimum atomic E-state index is -0.0264. The first-order chi connectivity index (χ1) is 11.7. The maximum absolute atomic E-state index is 12.7. The van der Waals surface area contributed by atoms with Crippen LogP contribution in [0.15, 0.2) is 48.0 Å². The van der Waals surface area contributed by atoms with Crippen LogP contribution in [0.5, 0.6) is 17.2 Å². The van der Waals surface area contributed by atoms with E-state index in [4.69, 9.17) is 14.2 Å². The Morgan fingerprint density at radius 3 is 2.58 bits per heavy atom. The molecular formula is C20H20O4. The second kappa shape index (κ2) is 7.21. The van der Waals surface area contributed by atoms with Crippen LogP contribution in [0.25, 0.3) is 6.08 Å². The third kappa shape index (κ3) is 3.43. The van der Waals surface area contributed by atoms with Crippen LogP contribution in [-0.4, -0.2) is 26.1 Å². The number of methoxy groups -OCH3 is 1. The Bertz CT molecular complexity index is 760. The van der Waals surface area contributed by atoms with E-state index in [1.807, 2.05) is 30.3 Å². The second-order valence-corrected chi connectivity index (χ2v) is 5.57. The van der Waals surface area contributed by atoms with Crippen LogP contribution < -0.4 is 14.2 Å². The summed E-state index contributed by atoms with van der Waals surface area (Å²) in [5.41, 5.74) is 2.10. The maximum Gasteiger partial charge on any atom is 0.196 e. The van der Waals surface area contributed by atoms with E-state index in [1.54, 1.807) is 25.3 Å². The Morgan fingerprint density at radius 2 is 1.88 bits per heavy atom. The van der Waals surface area contributed by atoms with Gasteiger partial charge >= 0.3 is 0 Å². The van der Waals surface area contributed by atoms with Crippen LogP contribution in [0.4, 0.5) is 0 Å². The van der Waals surface area contributed by atoms with Crippen LogP contribution >= 0.6 is 0 Å². The zero-order valence-corrected chi connectivity index (χ0v) is 13.9. The van der Waals surface area contributed by atoms with Crippen molar-refractivity contribution in [3.8, 4) is 17.2 Å². The molecule has 0 saturated heterocycles. The summed E-state index contributed by atoms with van der Waals surface area (Å²) in [6.45, 7) is 3.04. The first-order valence-corrected chi connectivity index (χ1v) is 8.00. The van der Waals surface area contributed by atoms with Gasteiger partial charge in [0.2, 0.25) is 0 Å². The van der Waals surface area contributed by atoms with Crippen molar-refractivity contribution < 1.29 is 19.0 Å². The molecule has 4 heteroatoms. The van der Waals surface area contributed by atoms with Crippen molar-refractivity contribution in [2.45, 2.75) is 13.3 Å². The topological polar surface area (TPSA) is 44.8 Å². The molecule has 0 aliphatic carbocycles. The Kier molecular flexibility index (Phi) is 4.85. The lowest BCUT2D eigenvalue weighted by atomic mass is 9.98. The Labute approximate surface area is 141 Å². The fourth-order valence-electron chi connectivity index (χ4n) is 2.52. The van der Waals surface area contributed by atoms with E-state index in [9.17, 15) is 4.79 Å². The highest BCUT2D eigenvalue weighted by Gasteiger charge is 2.23. The van der Waals surface area contributed by atoms with Crippen molar-refractivity contribution in [3.05, 3.63) is 59.2 Å². The van der Waals surface area contributed by atoms with Crippen molar-refractivity contribution in [2.24, 2.45) is 0 Å². The van der Waals surface area contributed by atoms with Gasteiger partial charge in [0, 0.05) is 5.57 Å². The summed E-state index contributed by atoms with van der Waals surface area (Å²) >= 11 is 0. The van der Waals surface area contributed by atoms with Gasteiger partial charge in [0.1, 0.15) is 23.9 Å². The standard InChI is InChI=1S/C20H20O4/c1-3-10-23-16-6-4-14(5-7-16)11-15-13-24-19-9-8-17(22-2)12-18(19)20(15)21/h4-9,11-12H,3,10,13H2,1-2H3/b15-11-. The van der Waals surface area contributed by atoms with E-state index in [-0.39, 0.29) is 12.4 Å². The van der Waals surface area contributed by atoms with E-state index >= 15 is 0 Å². The molecule has 24 heavy (non-hydrogen) atoms. The van der Waals surface area contributed by atoms with Gasteiger partial charge < -0.3 is 14.2 Å². The van der Waals surface area contributed by atoms with E-state index < -0.39 is 0 Å². The summed E-state index contributed by atoms with van der Waals surface area (Å²) < 4.78 is 16.4. The van der Waals surface area contributed by atoms with Gasteiger partial charge in [-0.2, -0.15) is 0 Å². The van der Waals surface area contributed by atoms with Crippen molar-refractivity contribution in [1.29, 1.82) is 0 Å². The van der Waals surface area contributed by atoms with E-state index in [0.717, 1.165) is 17.7 Å². The van der Waals surface area contributed by atoms with Gasteiger partial charge in [-0.3, -0.25) is 4.79 Å². The fraction of sp³-hybridized carbons (Fsp3) is 0.250. The Hall–Kier alpha value is -2.75. The minimum Gasteiger partial charge on any atom is -0.497 e. The molecule has 124 valence electrons. The van der Waals surface area contributed by atoms with E-state index in [0.29, 0.717) is 29.2 Å². The lowest BCUT2D eigenvalue weighted by Gasteiger charge is -2.19. The van der Waals surface area contributed by atoms with Crippen molar-refractivity contribution in [2.75, 3.05) is 20.3 Å². The minimum absolute atomic E-state index is 0.0264. The summed E-state index contributed by atoms with van der Waals surface area (Å²) in [4.78, 5) is 12.7. The predicted molar refractivity (Wildman–Crippen MR) is 93.0 cm³/mol. The molecule has 0 radical (unpaired) electrons. The molecule has 0 amide bonds. The molecule has 0 saturated carbocycles. The van der Waals surface area contributed by atoms with Gasteiger partial charge in [0.05, 0.1) is 19.3 Å². The molecule has 1 aliphatic rings. The zero-order valence-electron chi connectivity index (χ0n) is 13.9. The SMILES string of the molecule is CCCOc1ccc(/C=C2/COc3ccc(OC)cc3C2=O)cc1. The molecule has 1 heterocycles. The van der Waals surface area contributed by atoms with Gasteiger partial charge in [0.25, 0.3) is 0 Å². The first kappa shape index (κ1) is 16.1. The van der Waals surface area contributed by atoms with Crippen molar-refractivity contribution >= 4 is 11.9 Å². The monoisotopic (exact) mass is 324 g/mol. The number of fused-ring (bicyclic) bond motifs is 1. The molecule has 0 bridgehead atoms. The van der Waals surface area contributed by atoms with Gasteiger partial charge in [-0.1, -0.05) is 19.1 Å². The highest BCUT2D eigenvalue weighted by atomic mass is 16.5. The van der Waals surface area contributed by atoms with Gasteiger partial charge in [-0.15, -0.1) is 0 Å². The average Bonchev–Trinajstić information content (AvgIpc) is 2.63. The Balaban J connectivity index is 1.82. The predicted octanol–water partition coefficient (Wildman–Crippen LogP) is 4.14. The van der Waals surface area contributed by atoms with Crippen molar-refractivity contribution in [3.63, 3.8) is 0 Å². The van der Waals surface area contributed by atoms with Crippen LogP contribution in [0, 0.1) is 0 Å². The maximum atomic E-state index is 12.7. The molecule has 0 atom stereocenters. The molecule has 0 aromatic heterocycles. The largest absolute Gasteiger partial charge is 0.497 e. The van der Waals surface area contributed by atoms with Crippen molar-refractivity contribution in [1.82, 2.24) is 0 Å². The molecule has 3 rings (SSSR count). The fourth-order valence-corrected chi connectivity index (χ4v) is 2.52. The number of Topliss-reactive ketones (excluding diaryl/α,β-unsaturated/α-hetero) is 1. The van der Waals surface area contributed by atoms with Crippen LogP contribution in [0.2, 0.25) is 0 Å². The molecule has 0 spiro atoms. The third-order valence-corrected chi connectivity index (χ3v) is 3.80. The lowest BCUT2D eigenvalue weighted by Crippen LogP contribution is -2.19. The van der Waals surface area contributed by atoms with Gasteiger partial charge in [-0.25, -0.2) is 0 Å². The van der Waals surface area contributed by atoms with Crippen LogP contribution in [0.3, 0.4) is 0 Å². The molecule has 2 aromatic carbocycles. The van der Waals surface area contributed by atoms with E-state index in [1.165, 1.54) is 0 Å². The number of carbonyl (C=O) groups is 1. The van der Waals surface area contributed by atoms with Gasteiger partial charge in [0.15, 0.2) is 5.78 Å². The number of ketones is 1. The number of hydrogen-bond acceptors (Lipinski definition) is 4. The molecular weight excluding hydrogens is 304 g/mol. The number of rotatable bonds is 5. The first-order valence-electron chi connectivity index (χ1n) is 8.00. The molecule has 4 nitrogen and oxygen atoms in total. The highest BCUT2D eigenvalue weighted by Crippen LogP contribution is 2.31. The second-order valence-electron chi connectivity index (χ2n) is 5.57. The van der Waals surface area contributed by atoms with E-state index in [2.05, 4.69) is 6.92 Å². The number of hydrogen-bond donors (Lipinski definition) is 0. The molecule has 0 fully saturated rings. The molecule has 1 aliphatic heterocycles. The number of carbonyl (C=O) groups excluding carboxylic acids is 1. The summed E-state index contributed by atoms with van der Waals surface area (Å²) in [5, 5.41) is 0. The summed E-state index contributed by atoms with van der Waals surface area (Å²) in [7, 11) is 1.58. The number of benzene rings is 2. The van der Waals surface area contributed by atoms with Crippen LogP contribution in [-0.2, 0) is 0 Å². The Morgan fingerprint density at radius 1 is 1.12 bits per heavy atom. The number of ether oxygens (including phenoxy) is 3. The third-order valence-electron chi connectivity index (χ3n) is 3.80. The summed E-state index contributed by atoms with van der Waals surface area (Å²) in [6.07, 6.45) is 2.83. The normalized spacial score (nSPS) is 14.9. The molecule has 2 aromatic rings. The quantitative estimate of drug-likeness (QED) is 0.775. The molecule has 0 unspecified atom stereocenters. The molecule has 0 N–H and O–H groups in total. The highest BCUT2D eigenvalue weighted by molar-refractivity contribution is 6.14. The smallest absolute Gasteiger partial charge is 0.196 e. The van der Waals surface area contributed by atoms with Gasteiger partial charge in [-0.05, 0) is 48.4 Å². The van der Waals surface area contributed by atoms with Crippen LogP contribution in [0.1, 0.15) is 29.3 Å². The summed E-state index contributed by atoms with van der Waals surface area (Å²) in [5.74, 6) is 2.05.